The summed E-state index contributed by atoms with van der Waals surface area (Å²) in [6, 6.07) is 1.99. The Morgan fingerprint density at radius 2 is 2.06 bits per heavy atom. The Morgan fingerprint density at radius 3 is 2.61 bits per heavy atom. The van der Waals surface area contributed by atoms with Crippen molar-refractivity contribution in [2.45, 2.75) is 20.3 Å². The van der Waals surface area contributed by atoms with Crippen molar-refractivity contribution in [2.75, 3.05) is 0 Å². The lowest BCUT2D eigenvalue weighted by molar-refractivity contribution is 0.0701. The van der Waals surface area contributed by atoms with E-state index in [0.717, 1.165) is 17.4 Å². The highest BCUT2D eigenvalue weighted by atomic mass is 32.1. The standard InChI is InChI=1S/C13H12F2O2S/c1-6(2)3-8-9-4-7(14)5-10(15)11(9)18-12(8)13(16)17/h4-6H,3H2,1-2H3,(H,16,17). The van der Waals surface area contributed by atoms with Crippen LogP contribution < -0.4 is 0 Å². The maximum atomic E-state index is 13.6. The first kappa shape index (κ1) is 13.0. The van der Waals surface area contributed by atoms with Gasteiger partial charge in [0, 0.05) is 11.5 Å². The molecule has 18 heavy (non-hydrogen) atoms. The number of hydrogen-bond donors (Lipinski definition) is 1. The number of benzene rings is 1. The molecule has 0 aliphatic heterocycles. The minimum atomic E-state index is -1.09. The van der Waals surface area contributed by atoms with E-state index in [1.54, 1.807) is 0 Å². The van der Waals surface area contributed by atoms with E-state index in [1.807, 2.05) is 13.8 Å². The van der Waals surface area contributed by atoms with Gasteiger partial charge in [0.2, 0.25) is 0 Å². The molecule has 0 amide bonds. The maximum Gasteiger partial charge on any atom is 0.346 e. The maximum absolute atomic E-state index is 13.6. The average Bonchev–Trinajstić information content (AvgIpc) is 2.57. The summed E-state index contributed by atoms with van der Waals surface area (Å²) in [6.07, 6.45) is 0.491. The largest absolute Gasteiger partial charge is 0.477 e. The monoisotopic (exact) mass is 270 g/mol. The molecule has 0 unspecified atom stereocenters. The van der Waals surface area contributed by atoms with Gasteiger partial charge in [-0.25, -0.2) is 13.6 Å². The number of carboxylic acids is 1. The molecule has 0 aliphatic rings. The van der Waals surface area contributed by atoms with Crippen molar-refractivity contribution in [3.05, 3.63) is 34.2 Å². The van der Waals surface area contributed by atoms with Crippen LogP contribution >= 0.6 is 11.3 Å². The van der Waals surface area contributed by atoms with Crippen LogP contribution in [0.2, 0.25) is 0 Å². The van der Waals surface area contributed by atoms with Crippen LogP contribution in [-0.4, -0.2) is 11.1 Å². The molecule has 0 bridgehead atoms. The molecule has 0 atom stereocenters. The summed E-state index contributed by atoms with van der Waals surface area (Å²) in [7, 11) is 0. The van der Waals surface area contributed by atoms with E-state index in [2.05, 4.69) is 0 Å². The van der Waals surface area contributed by atoms with Gasteiger partial charge < -0.3 is 5.11 Å². The summed E-state index contributed by atoms with van der Waals surface area (Å²) < 4.78 is 27.1. The summed E-state index contributed by atoms with van der Waals surface area (Å²) in [6.45, 7) is 3.87. The van der Waals surface area contributed by atoms with Crippen LogP contribution in [0.1, 0.15) is 29.1 Å². The van der Waals surface area contributed by atoms with E-state index in [0.29, 0.717) is 17.4 Å². The van der Waals surface area contributed by atoms with E-state index in [4.69, 9.17) is 5.11 Å². The molecule has 0 spiro atoms. The van der Waals surface area contributed by atoms with Crippen LogP contribution in [0.4, 0.5) is 8.78 Å². The molecular weight excluding hydrogens is 258 g/mol. The molecule has 1 N–H and O–H groups in total. The van der Waals surface area contributed by atoms with Gasteiger partial charge in [0.25, 0.3) is 0 Å². The Kier molecular flexibility index (Phi) is 3.34. The van der Waals surface area contributed by atoms with Gasteiger partial charge >= 0.3 is 5.97 Å². The lowest BCUT2D eigenvalue weighted by Gasteiger charge is -2.05. The van der Waals surface area contributed by atoms with E-state index in [-0.39, 0.29) is 15.5 Å². The van der Waals surface area contributed by atoms with E-state index < -0.39 is 17.6 Å². The van der Waals surface area contributed by atoms with Gasteiger partial charge in [0.15, 0.2) is 0 Å². The fourth-order valence-corrected chi connectivity index (χ4v) is 3.01. The summed E-state index contributed by atoms with van der Waals surface area (Å²) >= 11 is 0.868. The number of carbonyl (C=O) groups is 1. The van der Waals surface area contributed by atoms with Crippen molar-refractivity contribution < 1.29 is 18.7 Å². The van der Waals surface area contributed by atoms with Crippen LogP contribution in [0.5, 0.6) is 0 Å². The Bertz CT molecular complexity index is 617. The molecular formula is C13H12F2O2S. The van der Waals surface area contributed by atoms with Crippen molar-refractivity contribution in [1.29, 1.82) is 0 Å². The van der Waals surface area contributed by atoms with E-state index in [1.165, 1.54) is 6.07 Å². The average molecular weight is 270 g/mol. The smallest absolute Gasteiger partial charge is 0.346 e. The summed E-state index contributed by atoms with van der Waals surface area (Å²) in [5.74, 6) is -2.26. The first-order chi connectivity index (χ1) is 8.40. The zero-order valence-electron chi connectivity index (χ0n) is 9.96. The number of rotatable bonds is 3. The van der Waals surface area contributed by atoms with Gasteiger partial charge in [-0.2, -0.15) is 0 Å². The van der Waals surface area contributed by atoms with Crippen LogP contribution in [0.15, 0.2) is 12.1 Å². The fraction of sp³-hybridized carbons (Fsp3) is 0.308. The molecule has 2 aromatic rings. The molecule has 0 radical (unpaired) electrons. The number of halogens is 2. The summed E-state index contributed by atoms with van der Waals surface area (Å²) in [4.78, 5) is 11.3. The number of carboxylic acid groups (broad SMARTS) is 1. The van der Waals surface area contributed by atoms with Crippen LogP contribution in [0, 0.1) is 17.6 Å². The van der Waals surface area contributed by atoms with E-state index >= 15 is 0 Å². The zero-order valence-corrected chi connectivity index (χ0v) is 10.8. The van der Waals surface area contributed by atoms with Gasteiger partial charge in [-0.3, -0.25) is 0 Å². The summed E-state index contributed by atoms with van der Waals surface area (Å²) in [5, 5.41) is 9.51. The van der Waals surface area contributed by atoms with Crippen molar-refractivity contribution in [3.8, 4) is 0 Å². The number of aromatic carboxylic acids is 1. The third-order valence-corrected chi connectivity index (χ3v) is 3.86. The van der Waals surface area contributed by atoms with Crippen molar-refractivity contribution in [1.82, 2.24) is 0 Å². The van der Waals surface area contributed by atoms with Crippen molar-refractivity contribution >= 4 is 27.4 Å². The molecule has 1 aromatic carbocycles. The van der Waals surface area contributed by atoms with Crippen LogP contribution in [-0.2, 0) is 6.42 Å². The van der Waals surface area contributed by atoms with Gasteiger partial charge in [-0.1, -0.05) is 13.8 Å². The molecule has 0 aliphatic carbocycles. The first-order valence-electron chi connectivity index (χ1n) is 5.54. The van der Waals surface area contributed by atoms with Gasteiger partial charge in [0.1, 0.15) is 16.5 Å². The van der Waals surface area contributed by atoms with E-state index in [9.17, 15) is 13.6 Å². The van der Waals surface area contributed by atoms with Crippen LogP contribution in [0.25, 0.3) is 10.1 Å². The molecule has 2 rings (SSSR count). The minimum Gasteiger partial charge on any atom is -0.477 e. The molecule has 0 fully saturated rings. The Morgan fingerprint density at radius 1 is 1.39 bits per heavy atom. The third kappa shape index (κ3) is 2.22. The molecule has 5 heteroatoms. The second-order valence-corrected chi connectivity index (χ2v) is 5.60. The van der Waals surface area contributed by atoms with Crippen LogP contribution in [0.3, 0.4) is 0 Å². The predicted octanol–water partition coefficient (Wildman–Crippen LogP) is 4.08. The molecule has 96 valence electrons. The second kappa shape index (κ2) is 4.65. The summed E-state index contributed by atoms with van der Waals surface area (Å²) in [5.41, 5.74) is 0.524. The Hall–Kier alpha value is -1.49. The lowest BCUT2D eigenvalue weighted by Crippen LogP contribution is -2.01. The highest BCUT2D eigenvalue weighted by Gasteiger charge is 2.21. The number of hydrogen-bond acceptors (Lipinski definition) is 2. The molecule has 1 aromatic heterocycles. The van der Waals surface area contributed by atoms with Gasteiger partial charge in [-0.15, -0.1) is 11.3 Å². The number of thiophene rings is 1. The molecule has 1 heterocycles. The Balaban J connectivity index is 2.76. The third-order valence-electron chi connectivity index (χ3n) is 2.62. The highest BCUT2D eigenvalue weighted by molar-refractivity contribution is 7.21. The molecule has 0 saturated carbocycles. The second-order valence-electron chi connectivity index (χ2n) is 4.58. The predicted molar refractivity (Wildman–Crippen MR) is 67.2 cm³/mol. The number of fused-ring (bicyclic) bond motifs is 1. The fourth-order valence-electron chi connectivity index (χ4n) is 1.96. The van der Waals surface area contributed by atoms with Gasteiger partial charge in [0.05, 0.1) is 4.70 Å². The van der Waals surface area contributed by atoms with Gasteiger partial charge in [-0.05, 0) is 24.0 Å². The van der Waals surface area contributed by atoms with Crippen molar-refractivity contribution in [2.24, 2.45) is 5.92 Å². The minimum absolute atomic E-state index is 0.100. The molecule has 2 nitrogen and oxygen atoms in total. The molecule has 0 saturated heterocycles. The lowest BCUT2D eigenvalue weighted by atomic mass is 10.00. The topological polar surface area (TPSA) is 37.3 Å². The quantitative estimate of drug-likeness (QED) is 0.912. The zero-order chi connectivity index (χ0) is 13.4. The SMILES string of the molecule is CC(C)Cc1c(C(=O)O)sc2c(F)cc(F)cc12. The van der Waals surface area contributed by atoms with Crippen molar-refractivity contribution in [3.63, 3.8) is 0 Å². The first-order valence-corrected chi connectivity index (χ1v) is 6.35. The highest BCUT2D eigenvalue weighted by Crippen LogP contribution is 2.35. The Labute approximate surface area is 107 Å². The normalized spacial score (nSPS) is 11.4.